The molecule has 0 amide bonds. The van der Waals surface area contributed by atoms with Crippen molar-refractivity contribution in [1.82, 2.24) is 10.6 Å². The van der Waals surface area contributed by atoms with E-state index in [1.807, 2.05) is 32.2 Å². The lowest BCUT2D eigenvalue weighted by atomic mass is 10.1. The molecule has 7 heteroatoms. The van der Waals surface area contributed by atoms with Crippen LogP contribution in [-0.2, 0) is 6.54 Å². The Hall–Kier alpha value is -0.570. The van der Waals surface area contributed by atoms with Gasteiger partial charge in [0.15, 0.2) is 5.96 Å². The van der Waals surface area contributed by atoms with Crippen molar-refractivity contribution in [3.8, 4) is 0 Å². The summed E-state index contributed by atoms with van der Waals surface area (Å²) in [7, 11) is 0. The first-order chi connectivity index (χ1) is 9.56. The lowest BCUT2D eigenvalue weighted by molar-refractivity contribution is 0.152. The molecule has 0 spiro atoms. The smallest absolute Gasteiger partial charge is 0.255 e. The summed E-state index contributed by atoms with van der Waals surface area (Å²) in [6, 6.07) is 6.17. The van der Waals surface area contributed by atoms with Crippen molar-refractivity contribution in [3.05, 3.63) is 29.3 Å². The first kappa shape index (κ1) is 20.4. The third-order valence-corrected chi connectivity index (χ3v) is 3.44. The molecule has 0 aliphatic rings. The predicted molar refractivity (Wildman–Crippen MR) is 97.2 cm³/mol. The number of aryl methyl sites for hydroxylation is 1. The molecule has 21 heavy (non-hydrogen) atoms. The van der Waals surface area contributed by atoms with Crippen molar-refractivity contribution < 1.29 is 8.78 Å². The van der Waals surface area contributed by atoms with E-state index in [-0.39, 0.29) is 24.0 Å². The number of nitrogens with one attached hydrogen (secondary N) is 2. The number of rotatable bonds is 6. The van der Waals surface area contributed by atoms with Crippen molar-refractivity contribution in [1.29, 1.82) is 0 Å². The highest BCUT2D eigenvalue weighted by Gasteiger charge is 2.05. The van der Waals surface area contributed by atoms with Crippen LogP contribution >= 0.6 is 35.7 Å². The molecule has 0 aromatic heterocycles. The van der Waals surface area contributed by atoms with Gasteiger partial charge >= 0.3 is 0 Å². The van der Waals surface area contributed by atoms with Gasteiger partial charge in [0.05, 0.1) is 13.1 Å². The molecule has 0 aliphatic heterocycles. The second kappa shape index (κ2) is 11.1. The lowest BCUT2D eigenvalue weighted by Gasteiger charge is -2.12. The van der Waals surface area contributed by atoms with Gasteiger partial charge in [0, 0.05) is 11.4 Å². The molecule has 0 fully saturated rings. The van der Waals surface area contributed by atoms with Gasteiger partial charge in [-0.25, -0.2) is 13.8 Å². The SMILES string of the molecule is CCNC(=NCc1ccc(C)cc1SC)NCC(F)F.I. The van der Waals surface area contributed by atoms with Crippen molar-refractivity contribution in [2.24, 2.45) is 4.99 Å². The third kappa shape index (κ3) is 7.85. The first-order valence-corrected chi connectivity index (χ1v) is 7.73. The summed E-state index contributed by atoms with van der Waals surface area (Å²) in [4.78, 5) is 5.51. The summed E-state index contributed by atoms with van der Waals surface area (Å²) in [5.74, 6) is 0.417. The molecule has 0 atom stereocenters. The highest BCUT2D eigenvalue weighted by molar-refractivity contribution is 14.0. The average molecular weight is 429 g/mol. The van der Waals surface area contributed by atoms with E-state index >= 15 is 0 Å². The number of nitrogens with zero attached hydrogens (tertiary/aromatic N) is 1. The maximum absolute atomic E-state index is 12.2. The van der Waals surface area contributed by atoms with E-state index in [9.17, 15) is 8.78 Å². The second-order valence-electron chi connectivity index (χ2n) is 4.28. The third-order valence-electron chi connectivity index (χ3n) is 2.62. The normalized spacial score (nSPS) is 11.2. The van der Waals surface area contributed by atoms with Crippen molar-refractivity contribution in [2.45, 2.75) is 31.7 Å². The number of alkyl halides is 2. The molecule has 1 aromatic rings. The van der Waals surface area contributed by atoms with Crippen LogP contribution in [0.25, 0.3) is 0 Å². The van der Waals surface area contributed by atoms with Gasteiger partial charge in [-0.1, -0.05) is 12.1 Å². The Morgan fingerprint density at radius 2 is 2.05 bits per heavy atom. The Labute approximate surface area is 146 Å². The monoisotopic (exact) mass is 429 g/mol. The molecule has 0 bridgehead atoms. The van der Waals surface area contributed by atoms with Gasteiger partial charge < -0.3 is 10.6 Å². The number of guanidine groups is 1. The van der Waals surface area contributed by atoms with E-state index in [1.54, 1.807) is 11.8 Å². The van der Waals surface area contributed by atoms with Crippen molar-refractivity contribution >= 4 is 41.7 Å². The molecule has 2 N–H and O–H groups in total. The second-order valence-corrected chi connectivity index (χ2v) is 5.13. The van der Waals surface area contributed by atoms with E-state index < -0.39 is 13.0 Å². The molecule has 1 aromatic carbocycles. The molecular formula is C14H22F2IN3S. The highest BCUT2D eigenvalue weighted by atomic mass is 127. The van der Waals surface area contributed by atoms with Crippen LogP contribution in [0.4, 0.5) is 8.78 Å². The van der Waals surface area contributed by atoms with E-state index in [1.165, 1.54) is 10.5 Å². The zero-order valence-corrected chi connectivity index (χ0v) is 15.6. The Kier molecular flexibility index (Phi) is 10.8. The summed E-state index contributed by atoms with van der Waals surface area (Å²) < 4.78 is 24.4. The Balaban J connectivity index is 0.00000400. The van der Waals surface area contributed by atoms with Crippen LogP contribution in [0.2, 0.25) is 0 Å². The zero-order chi connectivity index (χ0) is 15.0. The molecule has 120 valence electrons. The molecule has 0 saturated carbocycles. The van der Waals surface area contributed by atoms with Crippen LogP contribution in [0.15, 0.2) is 28.1 Å². The van der Waals surface area contributed by atoms with E-state index in [4.69, 9.17) is 0 Å². The molecule has 0 aliphatic carbocycles. The van der Waals surface area contributed by atoms with Crippen molar-refractivity contribution in [2.75, 3.05) is 19.3 Å². The first-order valence-electron chi connectivity index (χ1n) is 6.50. The molecule has 0 radical (unpaired) electrons. The fourth-order valence-electron chi connectivity index (χ4n) is 1.66. The van der Waals surface area contributed by atoms with Crippen LogP contribution in [-0.4, -0.2) is 31.7 Å². The Morgan fingerprint density at radius 1 is 1.33 bits per heavy atom. The number of benzene rings is 1. The highest BCUT2D eigenvalue weighted by Crippen LogP contribution is 2.22. The minimum Gasteiger partial charge on any atom is -0.357 e. The number of hydrogen-bond acceptors (Lipinski definition) is 2. The van der Waals surface area contributed by atoms with Crippen molar-refractivity contribution in [3.63, 3.8) is 0 Å². The van der Waals surface area contributed by atoms with E-state index in [0.29, 0.717) is 19.0 Å². The fraction of sp³-hybridized carbons (Fsp3) is 0.500. The minimum absolute atomic E-state index is 0. The molecule has 3 nitrogen and oxygen atoms in total. The van der Waals surface area contributed by atoms with Gasteiger partial charge in [0.2, 0.25) is 0 Å². The number of hydrogen-bond donors (Lipinski definition) is 2. The number of aliphatic imine (C=N–C) groups is 1. The average Bonchev–Trinajstić information content (AvgIpc) is 2.42. The largest absolute Gasteiger partial charge is 0.357 e. The van der Waals surface area contributed by atoms with Crippen LogP contribution in [0.5, 0.6) is 0 Å². The quantitative estimate of drug-likeness (QED) is 0.314. The summed E-state index contributed by atoms with van der Waals surface area (Å²) in [6.45, 7) is 4.66. The zero-order valence-electron chi connectivity index (χ0n) is 12.5. The summed E-state index contributed by atoms with van der Waals surface area (Å²) in [5, 5.41) is 5.58. The van der Waals surface area contributed by atoms with Gasteiger partial charge in [-0.05, 0) is 37.3 Å². The van der Waals surface area contributed by atoms with Crippen LogP contribution < -0.4 is 10.6 Å². The van der Waals surface area contributed by atoms with E-state index in [0.717, 1.165) is 5.56 Å². The van der Waals surface area contributed by atoms with Gasteiger partial charge in [-0.2, -0.15) is 0 Å². The Morgan fingerprint density at radius 3 is 2.62 bits per heavy atom. The molecular weight excluding hydrogens is 407 g/mol. The van der Waals surface area contributed by atoms with Gasteiger partial charge in [0.25, 0.3) is 6.43 Å². The minimum atomic E-state index is -2.39. The summed E-state index contributed by atoms with van der Waals surface area (Å²) >= 11 is 1.66. The Bertz CT molecular complexity index is 456. The molecule has 1 rings (SSSR count). The topological polar surface area (TPSA) is 36.4 Å². The maximum atomic E-state index is 12.2. The van der Waals surface area contributed by atoms with Crippen LogP contribution in [0, 0.1) is 6.92 Å². The molecule has 0 heterocycles. The standard InChI is InChI=1S/C14H21F2N3S.HI/c1-4-17-14(19-9-13(15)16)18-8-11-6-5-10(2)7-12(11)20-3;/h5-7,13H,4,8-9H2,1-3H3,(H2,17,18,19);1H. The number of thioether (sulfide) groups is 1. The molecule has 0 saturated heterocycles. The van der Waals surface area contributed by atoms with E-state index in [2.05, 4.69) is 21.7 Å². The van der Waals surface area contributed by atoms with Gasteiger partial charge in [-0.15, -0.1) is 35.7 Å². The summed E-state index contributed by atoms with van der Waals surface area (Å²) in [6.07, 6.45) is -0.373. The maximum Gasteiger partial charge on any atom is 0.255 e. The molecule has 0 unspecified atom stereocenters. The van der Waals surface area contributed by atoms with Crippen LogP contribution in [0.3, 0.4) is 0 Å². The van der Waals surface area contributed by atoms with Gasteiger partial charge in [-0.3, -0.25) is 0 Å². The fourth-order valence-corrected chi connectivity index (χ4v) is 2.36. The lowest BCUT2D eigenvalue weighted by Crippen LogP contribution is -2.39. The predicted octanol–water partition coefficient (Wildman–Crippen LogP) is 3.66. The van der Waals surface area contributed by atoms with Gasteiger partial charge in [0.1, 0.15) is 0 Å². The van der Waals surface area contributed by atoms with Crippen LogP contribution in [0.1, 0.15) is 18.1 Å². The summed E-state index contributed by atoms with van der Waals surface area (Å²) in [5.41, 5.74) is 2.29. The number of halogens is 3.